The summed E-state index contributed by atoms with van der Waals surface area (Å²) in [6, 6.07) is 0. The van der Waals surface area contributed by atoms with Crippen molar-refractivity contribution in [2.75, 3.05) is 24.6 Å². The molecule has 0 aromatic rings. The van der Waals surface area contributed by atoms with Gasteiger partial charge < -0.3 is 0 Å². The predicted octanol–water partition coefficient (Wildman–Crippen LogP) is -0.162. The first-order chi connectivity index (χ1) is 4.61. The topological polar surface area (TPSA) is 57.6 Å². The van der Waals surface area contributed by atoms with E-state index in [1.807, 2.05) is 0 Å². The van der Waals surface area contributed by atoms with E-state index in [0.717, 1.165) is 15.8 Å². The van der Waals surface area contributed by atoms with E-state index in [4.69, 9.17) is 4.55 Å². The van der Waals surface area contributed by atoms with Crippen molar-refractivity contribution in [2.45, 2.75) is 0 Å². The van der Waals surface area contributed by atoms with Crippen LogP contribution in [0.2, 0.25) is 0 Å². The van der Waals surface area contributed by atoms with Crippen molar-refractivity contribution in [2.24, 2.45) is 0 Å². The van der Waals surface area contributed by atoms with Crippen LogP contribution in [0, 0.1) is 0 Å². The van der Waals surface area contributed by atoms with E-state index in [1.54, 1.807) is 11.8 Å². The number of hydrogen-bond acceptors (Lipinski definition) is 3. The third-order valence-electron chi connectivity index (χ3n) is 1.30. The molecule has 10 heavy (non-hydrogen) atoms. The zero-order chi connectivity index (χ0) is 7.61. The van der Waals surface area contributed by atoms with Gasteiger partial charge >= 0.3 is 10.3 Å². The molecule has 0 saturated carbocycles. The molecule has 6 heteroatoms. The number of rotatable bonds is 1. The highest BCUT2D eigenvalue weighted by atomic mass is 32.2. The van der Waals surface area contributed by atoms with Gasteiger partial charge in [-0.3, -0.25) is 4.55 Å². The van der Waals surface area contributed by atoms with Crippen molar-refractivity contribution in [1.29, 1.82) is 0 Å². The van der Waals surface area contributed by atoms with Gasteiger partial charge in [0.1, 0.15) is 0 Å². The summed E-state index contributed by atoms with van der Waals surface area (Å²) >= 11 is 1.70. The molecule has 0 atom stereocenters. The fourth-order valence-electron chi connectivity index (χ4n) is 0.777. The van der Waals surface area contributed by atoms with Gasteiger partial charge in [0.05, 0.1) is 0 Å². The van der Waals surface area contributed by atoms with E-state index < -0.39 is 10.3 Å². The largest absolute Gasteiger partial charge is 0.335 e. The molecule has 60 valence electrons. The van der Waals surface area contributed by atoms with E-state index in [9.17, 15) is 8.42 Å². The van der Waals surface area contributed by atoms with Crippen molar-refractivity contribution in [3.63, 3.8) is 0 Å². The summed E-state index contributed by atoms with van der Waals surface area (Å²) in [5, 5.41) is 0. The molecular formula is C4H9NO3S2. The zero-order valence-corrected chi connectivity index (χ0v) is 6.99. The lowest BCUT2D eigenvalue weighted by Gasteiger charge is -2.21. The minimum absolute atomic E-state index is 0.434. The number of nitrogens with zero attached hydrogens (tertiary/aromatic N) is 1. The monoisotopic (exact) mass is 183 g/mol. The minimum Gasteiger partial charge on any atom is -0.273 e. The zero-order valence-electron chi connectivity index (χ0n) is 5.36. The van der Waals surface area contributed by atoms with Crippen LogP contribution in [-0.2, 0) is 10.3 Å². The van der Waals surface area contributed by atoms with Crippen LogP contribution in [-0.4, -0.2) is 41.9 Å². The van der Waals surface area contributed by atoms with E-state index in [1.165, 1.54) is 0 Å². The van der Waals surface area contributed by atoms with Crippen LogP contribution in [0.15, 0.2) is 0 Å². The van der Waals surface area contributed by atoms with Crippen LogP contribution in [0.1, 0.15) is 0 Å². The Morgan fingerprint density at radius 3 is 2.10 bits per heavy atom. The first-order valence-electron chi connectivity index (χ1n) is 2.91. The fraction of sp³-hybridized carbons (Fsp3) is 1.00. The molecule has 0 amide bonds. The molecule has 0 radical (unpaired) electrons. The molecule has 1 aliphatic rings. The summed E-state index contributed by atoms with van der Waals surface area (Å²) in [5.74, 6) is 1.56. The van der Waals surface area contributed by atoms with Gasteiger partial charge in [-0.05, 0) is 0 Å². The lowest BCUT2D eigenvalue weighted by Crippen LogP contribution is -2.37. The smallest absolute Gasteiger partial charge is 0.273 e. The van der Waals surface area contributed by atoms with Gasteiger partial charge in [-0.25, -0.2) is 0 Å². The predicted molar refractivity (Wildman–Crippen MR) is 40.4 cm³/mol. The van der Waals surface area contributed by atoms with Crippen molar-refractivity contribution >= 4 is 22.1 Å². The Balaban J connectivity index is 2.56. The Bertz CT molecular complexity index is 195. The number of hydrogen-bond donors (Lipinski definition) is 1. The molecule has 0 aliphatic carbocycles. The molecule has 1 N–H and O–H groups in total. The van der Waals surface area contributed by atoms with Crippen molar-refractivity contribution < 1.29 is 13.0 Å². The average Bonchev–Trinajstić information content (AvgIpc) is 1.88. The maximum Gasteiger partial charge on any atom is 0.335 e. The Morgan fingerprint density at radius 2 is 1.80 bits per heavy atom. The first kappa shape index (κ1) is 8.32. The average molecular weight is 183 g/mol. The SMILES string of the molecule is O=S(=O)(O)N1CCSCC1. The highest BCUT2D eigenvalue weighted by Crippen LogP contribution is 2.11. The third-order valence-corrected chi connectivity index (χ3v) is 3.26. The van der Waals surface area contributed by atoms with Crippen molar-refractivity contribution in [1.82, 2.24) is 4.31 Å². The Hall–Kier alpha value is 0.220. The lowest BCUT2D eigenvalue weighted by atomic mass is 10.6. The van der Waals surface area contributed by atoms with Crippen LogP contribution < -0.4 is 0 Å². The fourth-order valence-corrected chi connectivity index (χ4v) is 2.56. The van der Waals surface area contributed by atoms with E-state index in [-0.39, 0.29) is 0 Å². The van der Waals surface area contributed by atoms with Crippen LogP contribution in [0.4, 0.5) is 0 Å². The summed E-state index contributed by atoms with van der Waals surface area (Å²) in [6.45, 7) is 0.868. The second-order valence-corrected chi connectivity index (χ2v) is 4.63. The Labute approximate surface area is 64.5 Å². The molecule has 1 heterocycles. The van der Waals surface area contributed by atoms with E-state index in [2.05, 4.69) is 0 Å². The van der Waals surface area contributed by atoms with Gasteiger partial charge in [0.25, 0.3) is 0 Å². The van der Waals surface area contributed by atoms with E-state index in [0.29, 0.717) is 13.1 Å². The second-order valence-electron chi connectivity index (χ2n) is 1.99. The van der Waals surface area contributed by atoms with Gasteiger partial charge in [0.2, 0.25) is 0 Å². The molecule has 0 spiro atoms. The molecule has 4 nitrogen and oxygen atoms in total. The summed E-state index contributed by atoms with van der Waals surface area (Å²) in [7, 11) is -3.91. The number of thioether (sulfide) groups is 1. The van der Waals surface area contributed by atoms with E-state index >= 15 is 0 Å². The molecule has 1 rings (SSSR count). The Kier molecular flexibility index (Phi) is 2.56. The summed E-state index contributed by atoms with van der Waals surface area (Å²) in [4.78, 5) is 0. The molecule has 0 unspecified atom stereocenters. The maximum absolute atomic E-state index is 10.5. The molecular weight excluding hydrogens is 174 g/mol. The molecule has 0 aromatic carbocycles. The minimum atomic E-state index is -3.91. The third kappa shape index (κ3) is 2.12. The molecule has 1 fully saturated rings. The van der Waals surface area contributed by atoms with Crippen LogP contribution >= 0.6 is 11.8 Å². The quantitative estimate of drug-likeness (QED) is 0.574. The van der Waals surface area contributed by atoms with Gasteiger partial charge in [0.15, 0.2) is 0 Å². The Morgan fingerprint density at radius 1 is 1.30 bits per heavy atom. The van der Waals surface area contributed by atoms with Crippen LogP contribution in [0.25, 0.3) is 0 Å². The second kappa shape index (κ2) is 3.08. The van der Waals surface area contributed by atoms with Gasteiger partial charge in [-0.1, -0.05) is 0 Å². The summed E-state index contributed by atoms with van der Waals surface area (Å²) < 4.78 is 30.5. The highest BCUT2D eigenvalue weighted by Gasteiger charge is 2.20. The van der Waals surface area contributed by atoms with Gasteiger partial charge in [-0.2, -0.15) is 24.5 Å². The summed E-state index contributed by atoms with van der Waals surface area (Å²) in [6.07, 6.45) is 0. The van der Waals surface area contributed by atoms with Crippen LogP contribution in [0.5, 0.6) is 0 Å². The maximum atomic E-state index is 10.5. The van der Waals surface area contributed by atoms with Crippen molar-refractivity contribution in [3.8, 4) is 0 Å². The first-order valence-corrected chi connectivity index (χ1v) is 5.46. The normalized spacial score (nSPS) is 22.9. The van der Waals surface area contributed by atoms with Gasteiger partial charge in [0, 0.05) is 24.6 Å². The molecule has 1 saturated heterocycles. The highest BCUT2D eigenvalue weighted by molar-refractivity contribution is 7.99. The summed E-state index contributed by atoms with van der Waals surface area (Å²) in [5.41, 5.74) is 0. The van der Waals surface area contributed by atoms with Gasteiger partial charge in [-0.15, -0.1) is 0 Å². The van der Waals surface area contributed by atoms with Crippen molar-refractivity contribution in [3.05, 3.63) is 0 Å². The lowest BCUT2D eigenvalue weighted by molar-refractivity contribution is 0.370. The molecule has 0 bridgehead atoms. The standard InChI is InChI=1S/C4H9NO3S2/c6-10(7,8)5-1-3-9-4-2-5/h1-4H2,(H,6,7,8). The molecule has 1 aliphatic heterocycles. The molecule has 0 aromatic heterocycles. The van der Waals surface area contributed by atoms with Crippen LogP contribution in [0.3, 0.4) is 0 Å².